The summed E-state index contributed by atoms with van der Waals surface area (Å²) in [5.41, 5.74) is 2.91. The molecule has 2 nitrogen and oxygen atoms in total. The second kappa shape index (κ2) is 4.46. The van der Waals surface area contributed by atoms with Crippen LogP contribution in [0.15, 0.2) is 18.2 Å². The smallest absolute Gasteiger partial charge is 0.121 e. The Hall–Kier alpha value is -1.02. The molecule has 0 bridgehead atoms. The fraction of sp³-hybridized carbons (Fsp3) is 0.571. The van der Waals surface area contributed by atoms with Gasteiger partial charge in [0.25, 0.3) is 0 Å². The summed E-state index contributed by atoms with van der Waals surface area (Å²) in [6, 6.07) is 6.49. The number of benzene rings is 1. The van der Waals surface area contributed by atoms with Gasteiger partial charge in [-0.15, -0.1) is 0 Å². The highest BCUT2D eigenvalue weighted by Gasteiger charge is 2.27. The number of rotatable bonds is 3. The number of methoxy groups -OCH3 is 1. The number of ether oxygens (including phenoxy) is 1. The minimum atomic E-state index is 0.293. The van der Waals surface area contributed by atoms with Gasteiger partial charge in [-0.3, -0.25) is 0 Å². The van der Waals surface area contributed by atoms with Crippen molar-refractivity contribution in [2.24, 2.45) is 0 Å². The van der Waals surface area contributed by atoms with Gasteiger partial charge in [-0.1, -0.05) is 12.1 Å². The molecule has 1 atom stereocenters. The summed E-state index contributed by atoms with van der Waals surface area (Å²) in [6.45, 7) is 5.58. The lowest BCUT2D eigenvalue weighted by molar-refractivity contribution is 0.406. The quantitative estimate of drug-likeness (QED) is 0.844. The maximum atomic E-state index is 5.28. The van der Waals surface area contributed by atoms with Crippen LogP contribution in [-0.4, -0.2) is 19.2 Å². The Kier molecular flexibility index (Phi) is 3.20. The van der Waals surface area contributed by atoms with Gasteiger partial charge in [-0.25, -0.2) is 0 Å². The number of hydrogen-bond donors (Lipinski definition) is 1. The minimum Gasteiger partial charge on any atom is -0.496 e. The molecular weight excluding hydrogens is 198 g/mol. The van der Waals surface area contributed by atoms with Gasteiger partial charge >= 0.3 is 0 Å². The second-order valence-electron chi connectivity index (χ2n) is 5.07. The van der Waals surface area contributed by atoms with E-state index in [2.05, 4.69) is 37.4 Å². The molecule has 1 aliphatic rings. The molecule has 1 heterocycles. The van der Waals surface area contributed by atoms with Crippen molar-refractivity contribution in [3.63, 3.8) is 0 Å². The van der Waals surface area contributed by atoms with Crippen molar-refractivity contribution in [3.8, 4) is 5.75 Å². The van der Waals surface area contributed by atoms with Gasteiger partial charge in [0.2, 0.25) is 0 Å². The molecule has 1 aliphatic heterocycles. The van der Waals surface area contributed by atoms with Crippen molar-refractivity contribution < 1.29 is 4.74 Å². The first-order chi connectivity index (χ1) is 7.63. The predicted molar refractivity (Wildman–Crippen MR) is 67.1 cm³/mol. The maximum absolute atomic E-state index is 5.28. The SMILES string of the molecule is COc1ccc(CC2(C)CCCN2)cc1C. The molecule has 1 fully saturated rings. The molecule has 0 spiro atoms. The first-order valence-electron chi connectivity index (χ1n) is 6.01. The Bertz CT molecular complexity index is 367. The maximum Gasteiger partial charge on any atom is 0.121 e. The van der Waals surface area contributed by atoms with Crippen molar-refractivity contribution in [1.29, 1.82) is 0 Å². The normalized spacial score (nSPS) is 24.7. The molecule has 2 rings (SSSR count). The molecule has 1 N–H and O–H groups in total. The molecule has 88 valence electrons. The van der Waals surface area contributed by atoms with Crippen molar-refractivity contribution in [2.75, 3.05) is 13.7 Å². The van der Waals surface area contributed by atoms with Gasteiger partial charge in [0.05, 0.1) is 7.11 Å². The van der Waals surface area contributed by atoms with Crippen LogP contribution in [-0.2, 0) is 6.42 Å². The molecule has 1 saturated heterocycles. The summed E-state index contributed by atoms with van der Waals surface area (Å²) in [4.78, 5) is 0. The fourth-order valence-corrected chi connectivity index (χ4v) is 2.61. The van der Waals surface area contributed by atoms with E-state index in [1.807, 2.05) is 0 Å². The molecule has 2 heteroatoms. The van der Waals surface area contributed by atoms with E-state index in [9.17, 15) is 0 Å². The highest BCUT2D eigenvalue weighted by molar-refractivity contribution is 5.36. The molecular formula is C14H21NO. The van der Waals surface area contributed by atoms with Gasteiger partial charge in [0.15, 0.2) is 0 Å². The van der Waals surface area contributed by atoms with Crippen LogP contribution in [0.2, 0.25) is 0 Å². The summed E-state index contributed by atoms with van der Waals surface area (Å²) < 4.78 is 5.28. The molecule has 0 amide bonds. The molecule has 1 unspecified atom stereocenters. The Labute approximate surface area is 98.0 Å². The Morgan fingerprint density at radius 2 is 2.25 bits per heavy atom. The van der Waals surface area contributed by atoms with E-state index in [1.165, 1.54) is 24.0 Å². The number of aryl methyl sites for hydroxylation is 1. The lowest BCUT2D eigenvalue weighted by Crippen LogP contribution is -2.38. The summed E-state index contributed by atoms with van der Waals surface area (Å²) in [7, 11) is 1.72. The van der Waals surface area contributed by atoms with Crippen molar-refractivity contribution in [2.45, 2.75) is 38.6 Å². The standard InChI is InChI=1S/C14H21NO/c1-11-9-12(5-6-13(11)16-3)10-14(2)7-4-8-15-14/h5-6,9,15H,4,7-8,10H2,1-3H3. The Morgan fingerprint density at radius 1 is 1.44 bits per heavy atom. The van der Waals surface area contributed by atoms with E-state index >= 15 is 0 Å². The zero-order valence-corrected chi connectivity index (χ0v) is 10.5. The first kappa shape index (κ1) is 11.5. The van der Waals surface area contributed by atoms with Gasteiger partial charge in [-0.05, 0) is 56.8 Å². The highest BCUT2D eigenvalue weighted by Crippen LogP contribution is 2.26. The molecule has 0 saturated carbocycles. The number of hydrogen-bond acceptors (Lipinski definition) is 2. The van der Waals surface area contributed by atoms with Gasteiger partial charge < -0.3 is 10.1 Å². The van der Waals surface area contributed by atoms with Crippen LogP contribution >= 0.6 is 0 Å². The van der Waals surface area contributed by atoms with E-state index in [0.717, 1.165) is 18.7 Å². The average Bonchev–Trinajstić information content (AvgIpc) is 2.65. The topological polar surface area (TPSA) is 21.3 Å². The monoisotopic (exact) mass is 219 g/mol. The average molecular weight is 219 g/mol. The highest BCUT2D eigenvalue weighted by atomic mass is 16.5. The molecule has 0 aliphatic carbocycles. The number of nitrogens with one attached hydrogen (secondary N) is 1. The van der Waals surface area contributed by atoms with Gasteiger partial charge in [-0.2, -0.15) is 0 Å². The lowest BCUT2D eigenvalue weighted by Gasteiger charge is -2.24. The predicted octanol–water partition coefficient (Wildman–Crippen LogP) is 2.69. The molecule has 16 heavy (non-hydrogen) atoms. The summed E-state index contributed by atoms with van der Waals surface area (Å²) in [5.74, 6) is 0.980. The minimum absolute atomic E-state index is 0.293. The van der Waals surface area contributed by atoms with Crippen LogP contribution in [0.3, 0.4) is 0 Å². The van der Waals surface area contributed by atoms with E-state index in [0.29, 0.717) is 5.54 Å². The Morgan fingerprint density at radius 3 is 2.81 bits per heavy atom. The molecule has 1 aromatic rings. The third kappa shape index (κ3) is 2.38. The third-order valence-corrected chi connectivity index (χ3v) is 3.51. The molecule has 1 aromatic carbocycles. The van der Waals surface area contributed by atoms with Crippen molar-refractivity contribution >= 4 is 0 Å². The third-order valence-electron chi connectivity index (χ3n) is 3.51. The van der Waals surface area contributed by atoms with Crippen LogP contribution in [0, 0.1) is 6.92 Å². The van der Waals surface area contributed by atoms with Crippen LogP contribution in [0.5, 0.6) is 5.75 Å². The van der Waals surface area contributed by atoms with Crippen molar-refractivity contribution in [1.82, 2.24) is 5.32 Å². The summed E-state index contributed by atoms with van der Waals surface area (Å²) in [6.07, 6.45) is 3.68. The zero-order valence-electron chi connectivity index (χ0n) is 10.5. The zero-order chi connectivity index (χ0) is 11.6. The Balaban J connectivity index is 2.13. The molecule has 0 radical (unpaired) electrons. The van der Waals surface area contributed by atoms with E-state index in [4.69, 9.17) is 4.74 Å². The largest absolute Gasteiger partial charge is 0.496 e. The second-order valence-corrected chi connectivity index (χ2v) is 5.07. The molecule has 0 aromatic heterocycles. The van der Waals surface area contributed by atoms with Crippen LogP contribution in [0.1, 0.15) is 30.9 Å². The van der Waals surface area contributed by atoms with E-state index < -0.39 is 0 Å². The lowest BCUT2D eigenvalue weighted by atomic mass is 9.91. The van der Waals surface area contributed by atoms with E-state index in [1.54, 1.807) is 7.11 Å². The van der Waals surface area contributed by atoms with Crippen LogP contribution in [0.25, 0.3) is 0 Å². The van der Waals surface area contributed by atoms with Crippen LogP contribution < -0.4 is 10.1 Å². The van der Waals surface area contributed by atoms with Crippen LogP contribution in [0.4, 0.5) is 0 Å². The van der Waals surface area contributed by atoms with Gasteiger partial charge in [0, 0.05) is 5.54 Å². The van der Waals surface area contributed by atoms with E-state index in [-0.39, 0.29) is 0 Å². The summed E-state index contributed by atoms with van der Waals surface area (Å²) in [5, 5.41) is 3.60. The van der Waals surface area contributed by atoms with Gasteiger partial charge in [0.1, 0.15) is 5.75 Å². The van der Waals surface area contributed by atoms with Crippen molar-refractivity contribution in [3.05, 3.63) is 29.3 Å². The fourth-order valence-electron chi connectivity index (χ4n) is 2.61. The summed E-state index contributed by atoms with van der Waals surface area (Å²) >= 11 is 0. The first-order valence-corrected chi connectivity index (χ1v) is 6.01.